The molecular weight excluding hydrogens is 412 g/mol. The first kappa shape index (κ1) is 22.7. The van der Waals surface area contributed by atoms with Gasteiger partial charge in [0.15, 0.2) is 0 Å². The summed E-state index contributed by atoms with van der Waals surface area (Å²) < 4.78 is 1.84. The molecule has 0 aromatic carbocycles. The van der Waals surface area contributed by atoms with Crippen LogP contribution in [0.15, 0.2) is 36.4 Å². The molecule has 1 atom stereocenters. The van der Waals surface area contributed by atoms with Gasteiger partial charge >= 0.3 is 0 Å². The van der Waals surface area contributed by atoms with Gasteiger partial charge < -0.3 is 10.2 Å². The Hall–Kier alpha value is -3.48. The first-order chi connectivity index (χ1) is 15.8. The molecule has 4 heterocycles. The van der Waals surface area contributed by atoms with Crippen molar-refractivity contribution in [2.45, 2.75) is 46.5 Å². The number of hydrogen-bond donors (Lipinski definition) is 1. The minimum atomic E-state index is 0.0392. The lowest BCUT2D eigenvalue weighted by molar-refractivity contribution is -0.127. The second-order valence-corrected chi connectivity index (χ2v) is 8.88. The highest BCUT2D eigenvalue weighted by atomic mass is 16.2. The smallest absolute Gasteiger partial charge is 0.246 e. The summed E-state index contributed by atoms with van der Waals surface area (Å²) in [6.07, 6.45) is 5.56. The lowest BCUT2D eigenvalue weighted by atomic mass is 9.93. The number of piperidine rings is 1. The van der Waals surface area contributed by atoms with Crippen molar-refractivity contribution in [2.24, 2.45) is 7.05 Å². The van der Waals surface area contributed by atoms with Gasteiger partial charge in [0.2, 0.25) is 5.91 Å². The first-order valence-corrected chi connectivity index (χ1v) is 11.5. The molecule has 0 bridgehead atoms. The average molecular weight is 445 g/mol. The second kappa shape index (κ2) is 9.57. The molecule has 1 aliphatic heterocycles. The van der Waals surface area contributed by atoms with Crippen LogP contribution in [0.2, 0.25) is 0 Å². The second-order valence-electron chi connectivity index (χ2n) is 8.88. The van der Waals surface area contributed by atoms with E-state index in [9.17, 15) is 4.79 Å². The van der Waals surface area contributed by atoms with Crippen molar-refractivity contribution in [3.8, 4) is 0 Å². The lowest BCUT2D eigenvalue weighted by Gasteiger charge is -2.32. The van der Waals surface area contributed by atoms with Gasteiger partial charge in [-0.05, 0) is 70.9 Å². The summed E-state index contributed by atoms with van der Waals surface area (Å²) in [5.41, 5.74) is 6.92. The summed E-state index contributed by atoms with van der Waals surface area (Å²) in [6, 6.07) is 10.1. The minimum absolute atomic E-state index is 0.0392. The van der Waals surface area contributed by atoms with Crippen molar-refractivity contribution < 1.29 is 4.79 Å². The molecule has 1 saturated heterocycles. The topological polar surface area (TPSA) is 75.9 Å². The molecule has 172 valence electrons. The molecule has 1 N–H and O–H groups in total. The van der Waals surface area contributed by atoms with E-state index >= 15 is 0 Å². The highest BCUT2D eigenvalue weighted by Gasteiger charge is 2.25. The van der Waals surface area contributed by atoms with E-state index in [0.717, 1.165) is 64.9 Å². The van der Waals surface area contributed by atoms with Crippen molar-refractivity contribution >= 4 is 23.5 Å². The van der Waals surface area contributed by atoms with Crippen LogP contribution in [0.25, 0.3) is 6.08 Å². The molecule has 3 aromatic heterocycles. The molecular formula is C26H32N6O. The maximum Gasteiger partial charge on any atom is 0.246 e. The molecule has 0 saturated carbocycles. The number of aryl methyl sites for hydroxylation is 4. The van der Waals surface area contributed by atoms with Gasteiger partial charge in [0.25, 0.3) is 0 Å². The lowest BCUT2D eigenvalue weighted by Crippen LogP contribution is -2.38. The number of likely N-dealkylation sites (tertiary alicyclic amines) is 1. The quantitative estimate of drug-likeness (QED) is 0.582. The van der Waals surface area contributed by atoms with E-state index in [4.69, 9.17) is 4.98 Å². The van der Waals surface area contributed by atoms with Gasteiger partial charge in [-0.15, -0.1) is 0 Å². The molecule has 1 aliphatic rings. The SMILES string of the molecule is Cc1cccc(Nc2cc(C)nc([C@@H]3CCCN(C(=O)/C=C/c4c(C)nn(C)c4C)C3)c2)n1. The third-order valence-corrected chi connectivity index (χ3v) is 6.24. The van der Waals surface area contributed by atoms with Gasteiger partial charge in [-0.1, -0.05) is 6.07 Å². The van der Waals surface area contributed by atoms with Gasteiger partial charge in [-0.25, -0.2) is 4.98 Å². The van der Waals surface area contributed by atoms with Crippen LogP contribution in [0.5, 0.6) is 0 Å². The summed E-state index contributed by atoms with van der Waals surface area (Å²) >= 11 is 0. The third-order valence-electron chi connectivity index (χ3n) is 6.24. The van der Waals surface area contributed by atoms with Gasteiger partial charge in [-0.2, -0.15) is 5.10 Å². The summed E-state index contributed by atoms with van der Waals surface area (Å²) in [5, 5.41) is 7.83. The van der Waals surface area contributed by atoms with Crippen molar-refractivity contribution in [2.75, 3.05) is 18.4 Å². The predicted molar refractivity (Wildman–Crippen MR) is 132 cm³/mol. The Bertz CT molecular complexity index is 1200. The van der Waals surface area contributed by atoms with Crippen LogP contribution in [0, 0.1) is 27.7 Å². The molecule has 1 fully saturated rings. The Balaban J connectivity index is 1.48. The van der Waals surface area contributed by atoms with E-state index in [1.807, 2.05) is 74.7 Å². The van der Waals surface area contributed by atoms with Gasteiger partial charge in [-0.3, -0.25) is 14.5 Å². The molecule has 0 spiro atoms. The van der Waals surface area contributed by atoms with E-state index in [0.29, 0.717) is 6.54 Å². The van der Waals surface area contributed by atoms with Crippen LogP contribution in [0.3, 0.4) is 0 Å². The van der Waals surface area contributed by atoms with Crippen molar-refractivity contribution in [1.82, 2.24) is 24.6 Å². The van der Waals surface area contributed by atoms with Crippen LogP contribution in [0.4, 0.5) is 11.5 Å². The van der Waals surface area contributed by atoms with Crippen LogP contribution in [-0.2, 0) is 11.8 Å². The van der Waals surface area contributed by atoms with Crippen molar-refractivity contribution in [3.63, 3.8) is 0 Å². The summed E-state index contributed by atoms with van der Waals surface area (Å²) in [5.74, 6) is 1.07. The highest BCUT2D eigenvalue weighted by molar-refractivity contribution is 5.92. The summed E-state index contributed by atoms with van der Waals surface area (Å²) in [6.45, 7) is 9.41. The fraction of sp³-hybridized carbons (Fsp3) is 0.385. The highest BCUT2D eigenvalue weighted by Crippen LogP contribution is 2.29. The molecule has 7 nitrogen and oxygen atoms in total. The Morgan fingerprint density at radius 2 is 1.94 bits per heavy atom. The van der Waals surface area contributed by atoms with Crippen LogP contribution < -0.4 is 5.32 Å². The molecule has 3 aromatic rings. The largest absolute Gasteiger partial charge is 0.340 e. The maximum absolute atomic E-state index is 13.0. The van der Waals surface area contributed by atoms with Crippen LogP contribution in [0.1, 0.15) is 52.8 Å². The monoisotopic (exact) mass is 444 g/mol. The fourth-order valence-electron chi connectivity index (χ4n) is 4.45. The third kappa shape index (κ3) is 5.30. The van der Waals surface area contributed by atoms with E-state index in [2.05, 4.69) is 21.5 Å². The minimum Gasteiger partial charge on any atom is -0.340 e. The Morgan fingerprint density at radius 1 is 1.12 bits per heavy atom. The van der Waals surface area contributed by atoms with E-state index < -0.39 is 0 Å². The average Bonchev–Trinajstić information content (AvgIpc) is 3.02. The zero-order chi connectivity index (χ0) is 23.5. The number of nitrogens with one attached hydrogen (secondary N) is 1. The number of amides is 1. The van der Waals surface area contributed by atoms with Crippen molar-refractivity contribution in [1.29, 1.82) is 0 Å². The Morgan fingerprint density at radius 3 is 2.67 bits per heavy atom. The molecule has 4 rings (SSSR count). The number of nitrogens with zero attached hydrogens (tertiary/aromatic N) is 5. The normalized spacial score (nSPS) is 16.4. The van der Waals surface area contributed by atoms with E-state index in [-0.39, 0.29) is 11.8 Å². The number of aromatic nitrogens is 4. The molecule has 33 heavy (non-hydrogen) atoms. The fourth-order valence-corrected chi connectivity index (χ4v) is 4.45. The van der Waals surface area contributed by atoms with Crippen LogP contribution in [-0.4, -0.2) is 43.6 Å². The zero-order valence-electron chi connectivity index (χ0n) is 20.1. The zero-order valence-corrected chi connectivity index (χ0v) is 20.1. The maximum atomic E-state index is 13.0. The number of hydrogen-bond acceptors (Lipinski definition) is 5. The van der Waals surface area contributed by atoms with Gasteiger partial charge in [0, 0.05) is 66.2 Å². The molecule has 0 aliphatic carbocycles. The Labute approximate surface area is 195 Å². The van der Waals surface area contributed by atoms with Gasteiger partial charge in [0.05, 0.1) is 5.69 Å². The summed E-state index contributed by atoms with van der Waals surface area (Å²) in [7, 11) is 1.92. The standard InChI is InChI=1S/C26H32N6O/c1-17-8-6-10-25(28-17)29-22-14-18(2)27-24(15-22)21-9-7-13-32(16-21)26(33)12-11-23-19(3)30-31(5)20(23)4/h6,8,10-12,14-15,21H,7,9,13,16H2,1-5H3,(H,27,28,29)/b12-11+/t21-/m1/s1. The van der Waals surface area contributed by atoms with E-state index in [1.165, 1.54) is 0 Å². The van der Waals surface area contributed by atoms with Crippen LogP contribution >= 0.6 is 0 Å². The number of carbonyl (C=O) groups excluding carboxylic acids is 1. The predicted octanol–water partition coefficient (Wildman–Crippen LogP) is 4.61. The number of anilines is 2. The molecule has 0 radical (unpaired) electrons. The van der Waals surface area contributed by atoms with Gasteiger partial charge in [0.1, 0.15) is 5.82 Å². The Kier molecular flexibility index (Phi) is 6.58. The number of rotatable bonds is 5. The molecule has 1 amide bonds. The van der Waals surface area contributed by atoms with E-state index in [1.54, 1.807) is 6.08 Å². The molecule has 7 heteroatoms. The number of pyridine rings is 2. The van der Waals surface area contributed by atoms with Crippen molar-refractivity contribution in [3.05, 3.63) is 70.4 Å². The molecule has 0 unspecified atom stereocenters. The summed E-state index contributed by atoms with van der Waals surface area (Å²) in [4.78, 5) is 24.2. The number of carbonyl (C=O) groups is 1. The first-order valence-electron chi connectivity index (χ1n) is 11.5.